The number of amides is 1. The van der Waals surface area contributed by atoms with Gasteiger partial charge in [0, 0.05) is 25.7 Å². The van der Waals surface area contributed by atoms with E-state index in [0.29, 0.717) is 36.4 Å². The van der Waals surface area contributed by atoms with Crippen molar-refractivity contribution in [2.45, 2.75) is 23.8 Å². The van der Waals surface area contributed by atoms with E-state index >= 15 is 0 Å². The zero-order chi connectivity index (χ0) is 26.4. The van der Waals surface area contributed by atoms with Crippen LogP contribution in [-0.2, 0) is 14.8 Å². The van der Waals surface area contributed by atoms with Gasteiger partial charge in [0.05, 0.1) is 22.9 Å². The summed E-state index contributed by atoms with van der Waals surface area (Å²) in [5.74, 6) is 5.93. The van der Waals surface area contributed by atoms with E-state index in [1.54, 1.807) is 29.0 Å². The maximum Gasteiger partial charge on any atom is 0.246 e. The first kappa shape index (κ1) is 26.3. The number of likely N-dealkylation sites (N-methyl/N-ethyl adjacent to an activating group) is 1. The summed E-state index contributed by atoms with van der Waals surface area (Å²) in [5.41, 5.74) is 7.04. The summed E-state index contributed by atoms with van der Waals surface area (Å²) in [6.45, 7) is 1.73. The molecule has 1 aliphatic heterocycles. The van der Waals surface area contributed by atoms with Gasteiger partial charge in [-0.3, -0.25) is 4.79 Å². The molecule has 0 radical (unpaired) electrons. The number of benzene rings is 1. The predicted molar refractivity (Wildman–Crippen MR) is 141 cm³/mol. The van der Waals surface area contributed by atoms with Crippen LogP contribution in [0.15, 0.2) is 53.7 Å². The number of nitrogens with zero attached hydrogens (tertiary/aromatic N) is 6. The number of fused-ring (bicyclic) bond motifs is 1. The molecule has 12 heteroatoms. The third kappa shape index (κ3) is 6.32. The van der Waals surface area contributed by atoms with Crippen molar-refractivity contribution in [2.24, 2.45) is 0 Å². The molecule has 0 saturated carbocycles. The number of aromatic nitrogens is 4. The number of likely N-dealkylation sites (tertiary alicyclic amines) is 1. The van der Waals surface area contributed by atoms with Crippen LogP contribution in [0.2, 0.25) is 0 Å². The maximum atomic E-state index is 12.7. The number of nitrogens with two attached hydrogens (primary N) is 1. The minimum absolute atomic E-state index is 0.0390. The molecule has 0 spiro atoms. The molecule has 3 heterocycles. The van der Waals surface area contributed by atoms with E-state index in [9.17, 15) is 13.2 Å². The van der Waals surface area contributed by atoms with Gasteiger partial charge in [-0.2, -0.15) is 9.82 Å². The van der Waals surface area contributed by atoms with Crippen LogP contribution >= 0.6 is 0 Å². The van der Waals surface area contributed by atoms with Crippen LogP contribution in [0.25, 0.3) is 11.0 Å². The third-order valence-corrected chi connectivity index (χ3v) is 7.33. The van der Waals surface area contributed by atoms with Crippen molar-refractivity contribution in [1.82, 2.24) is 34.3 Å². The fourth-order valence-corrected chi connectivity index (χ4v) is 5.05. The molecule has 11 nitrogen and oxygen atoms in total. The summed E-state index contributed by atoms with van der Waals surface area (Å²) in [6, 6.07) is 7.97. The van der Waals surface area contributed by atoms with Gasteiger partial charge in [0.25, 0.3) is 0 Å². The highest BCUT2D eigenvalue weighted by atomic mass is 32.2. The Morgan fingerprint density at radius 3 is 2.81 bits per heavy atom. The Morgan fingerprint density at radius 2 is 2.05 bits per heavy atom. The summed E-state index contributed by atoms with van der Waals surface area (Å²) < 4.78 is 29.1. The first-order valence-corrected chi connectivity index (χ1v) is 13.4. The minimum atomic E-state index is -3.68. The summed E-state index contributed by atoms with van der Waals surface area (Å²) in [4.78, 5) is 25.1. The van der Waals surface area contributed by atoms with Crippen molar-refractivity contribution in [1.29, 1.82) is 0 Å². The molecule has 37 heavy (non-hydrogen) atoms. The van der Waals surface area contributed by atoms with E-state index < -0.39 is 10.0 Å². The van der Waals surface area contributed by atoms with Gasteiger partial charge < -0.3 is 15.5 Å². The Bertz CT molecular complexity index is 1460. The van der Waals surface area contributed by atoms with Crippen molar-refractivity contribution in [3.05, 3.63) is 54.5 Å². The Kier molecular flexibility index (Phi) is 8.17. The quantitative estimate of drug-likeness (QED) is 0.346. The number of carbonyl (C=O) groups excluding carboxylic acids is 1. The molecular formula is C25H30N8O3S. The zero-order valence-electron chi connectivity index (χ0n) is 20.8. The second kappa shape index (κ2) is 11.5. The van der Waals surface area contributed by atoms with Crippen LogP contribution in [0.3, 0.4) is 0 Å². The second-order valence-corrected chi connectivity index (χ2v) is 10.7. The van der Waals surface area contributed by atoms with Gasteiger partial charge in [-0.05, 0) is 45.0 Å². The lowest BCUT2D eigenvalue weighted by Crippen LogP contribution is -2.40. The lowest BCUT2D eigenvalue weighted by Gasteiger charge is -2.32. The molecule has 0 aliphatic carbocycles. The molecule has 2 aromatic heterocycles. The molecule has 1 saturated heterocycles. The summed E-state index contributed by atoms with van der Waals surface area (Å²) in [6.07, 6.45) is 6.47. The molecule has 4 rings (SSSR count). The van der Waals surface area contributed by atoms with Crippen molar-refractivity contribution in [3.63, 3.8) is 0 Å². The molecule has 1 fully saturated rings. The normalized spacial score (nSPS) is 16.3. The Balaban J connectivity index is 1.54. The maximum absolute atomic E-state index is 12.7. The third-order valence-electron chi connectivity index (χ3n) is 5.91. The average molecular weight is 523 g/mol. The summed E-state index contributed by atoms with van der Waals surface area (Å²) in [5, 5.41) is 5.18. The van der Waals surface area contributed by atoms with Gasteiger partial charge >= 0.3 is 0 Å². The first-order chi connectivity index (χ1) is 17.8. The van der Waals surface area contributed by atoms with Gasteiger partial charge in [0.15, 0.2) is 5.65 Å². The number of piperidine rings is 1. The molecule has 0 unspecified atom stereocenters. The number of sulfonamides is 1. The van der Waals surface area contributed by atoms with Crippen molar-refractivity contribution in [2.75, 3.05) is 46.0 Å². The molecule has 194 valence electrons. The number of rotatable bonds is 7. The average Bonchev–Trinajstić information content (AvgIpc) is 3.27. The lowest BCUT2D eigenvalue weighted by atomic mass is 10.1. The predicted octanol–water partition coefficient (Wildman–Crippen LogP) is 1.02. The molecule has 1 aromatic carbocycles. The Labute approximate surface area is 216 Å². The molecular weight excluding hydrogens is 492 g/mol. The monoisotopic (exact) mass is 522 g/mol. The van der Waals surface area contributed by atoms with Crippen LogP contribution in [-0.4, -0.2) is 84.1 Å². The van der Waals surface area contributed by atoms with Gasteiger partial charge in [0.2, 0.25) is 15.9 Å². The van der Waals surface area contributed by atoms with Gasteiger partial charge in [0.1, 0.15) is 17.8 Å². The summed E-state index contributed by atoms with van der Waals surface area (Å²) >= 11 is 0. The van der Waals surface area contributed by atoms with E-state index in [1.807, 2.05) is 30.0 Å². The van der Waals surface area contributed by atoms with Crippen LogP contribution in [0.4, 0.5) is 5.82 Å². The standard InChI is InChI=1S/C25H30N8O3S/c1-31(2)15-8-13-22(34)32-16-7-9-19(17-32)33-25-23(24(26)27-18-28-25)21(30-33)12-6-14-29-37(35,36)20-10-4-3-5-11-20/h3-5,8,10-11,13,18-19,29H,7,9,14-17H2,1-2H3,(H2,26,27,28)/b13-8+/t19-/m1/s1. The van der Waals surface area contributed by atoms with E-state index in [4.69, 9.17) is 5.73 Å². The molecule has 1 atom stereocenters. The van der Waals surface area contributed by atoms with Crippen molar-refractivity contribution < 1.29 is 13.2 Å². The highest BCUT2D eigenvalue weighted by Gasteiger charge is 2.27. The molecule has 3 aromatic rings. The molecule has 0 bridgehead atoms. The number of carbonyl (C=O) groups is 1. The SMILES string of the molecule is CN(C)C/C=C/C(=O)N1CCC[C@@H](n2nc(C#CCNS(=O)(=O)c3ccccc3)c3c(N)ncnc32)C1. The number of hydrogen-bond acceptors (Lipinski definition) is 8. The van der Waals surface area contributed by atoms with E-state index in [0.717, 1.165) is 12.8 Å². The van der Waals surface area contributed by atoms with Crippen LogP contribution in [0.1, 0.15) is 24.6 Å². The van der Waals surface area contributed by atoms with Crippen molar-refractivity contribution >= 4 is 32.8 Å². The van der Waals surface area contributed by atoms with Gasteiger partial charge in [-0.1, -0.05) is 30.2 Å². The first-order valence-electron chi connectivity index (χ1n) is 11.9. The number of hydrogen-bond donors (Lipinski definition) is 2. The summed E-state index contributed by atoms with van der Waals surface area (Å²) in [7, 11) is 0.214. The topological polar surface area (TPSA) is 139 Å². The Morgan fingerprint density at radius 1 is 1.27 bits per heavy atom. The number of nitrogen functional groups attached to an aromatic ring is 1. The van der Waals surface area contributed by atoms with Crippen LogP contribution < -0.4 is 10.5 Å². The molecule has 1 aliphatic rings. The Hall–Kier alpha value is -3.79. The van der Waals surface area contributed by atoms with E-state index in [1.165, 1.54) is 18.5 Å². The fourth-order valence-electron chi connectivity index (χ4n) is 4.10. The zero-order valence-corrected chi connectivity index (χ0v) is 21.6. The smallest absolute Gasteiger partial charge is 0.246 e. The van der Waals surface area contributed by atoms with Gasteiger partial charge in [-0.25, -0.2) is 23.1 Å². The molecule has 1 amide bonds. The van der Waals surface area contributed by atoms with Crippen LogP contribution in [0, 0.1) is 11.8 Å². The van der Waals surface area contributed by atoms with Gasteiger partial charge in [-0.15, -0.1) is 0 Å². The van der Waals surface area contributed by atoms with E-state index in [-0.39, 0.29) is 29.2 Å². The van der Waals surface area contributed by atoms with Crippen molar-refractivity contribution in [3.8, 4) is 11.8 Å². The highest BCUT2D eigenvalue weighted by molar-refractivity contribution is 7.89. The number of anilines is 1. The van der Waals surface area contributed by atoms with Crippen LogP contribution in [0.5, 0.6) is 0 Å². The van der Waals surface area contributed by atoms with E-state index in [2.05, 4.69) is 31.6 Å². The highest BCUT2D eigenvalue weighted by Crippen LogP contribution is 2.28. The lowest BCUT2D eigenvalue weighted by molar-refractivity contribution is -0.127. The number of nitrogens with one attached hydrogen (secondary N) is 1. The second-order valence-electron chi connectivity index (χ2n) is 8.93. The molecule has 3 N–H and O–H groups in total. The minimum Gasteiger partial charge on any atom is -0.383 e. The largest absolute Gasteiger partial charge is 0.383 e. The fraction of sp³-hybridized carbons (Fsp3) is 0.360.